The third kappa shape index (κ3) is 3.65. The van der Waals surface area contributed by atoms with Crippen LogP contribution < -0.4 is 9.62 Å². The van der Waals surface area contributed by atoms with E-state index >= 15 is 0 Å². The molecule has 2 aromatic carbocycles. The number of nitrogens with zero attached hydrogens (tertiary/aromatic N) is 1. The molecule has 1 aromatic heterocycles. The highest BCUT2D eigenvalue weighted by Crippen LogP contribution is 2.33. The first-order chi connectivity index (χ1) is 12.9. The molecule has 0 unspecified atom stereocenters. The molecule has 1 aliphatic rings. The van der Waals surface area contributed by atoms with E-state index in [4.69, 9.17) is 0 Å². The molecule has 0 bridgehead atoms. The molecule has 5 nitrogen and oxygen atoms in total. The van der Waals surface area contributed by atoms with Gasteiger partial charge in [0.15, 0.2) is 0 Å². The van der Waals surface area contributed by atoms with Crippen LogP contribution in [0.1, 0.15) is 15.2 Å². The Balaban J connectivity index is 1.62. The number of rotatable bonds is 4. The number of carbonyl (C=O) groups is 1. The zero-order chi connectivity index (χ0) is 19.0. The van der Waals surface area contributed by atoms with Gasteiger partial charge >= 0.3 is 0 Å². The van der Waals surface area contributed by atoms with E-state index in [1.165, 1.54) is 23.5 Å². The number of nitrogens with one attached hydrogen (secondary N) is 1. The van der Waals surface area contributed by atoms with Gasteiger partial charge in [0.05, 0.1) is 15.5 Å². The van der Waals surface area contributed by atoms with Crippen LogP contribution in [0.25, 0.3) is 0 Å². The lowest BCUT2D eigenvalue weighted by atomic mass is 10.1. The minimum Gasteiger partial charge on any atom is -0.307 e. The van der Waals surface area contributed by atoms with Crippen LogP contribution in [0.5, 0.6) is 0 Å². The summed E-state index contributed by atoms with van der Waals surface area (Å²) in [5, 5.41) is 1.87. The first-order valence-electron chi connectivity index (χ1n) is 8.21. The topological polar surface area (TPSA) is 66.5 Å². The molecule has 138 valence electrons. The second-order valence-electron chi connectivity index (χ2n) is 6.09. The fraction of sp³-hybridized carbons (Fsp3) is 0.105. The van der Waals surface area contributed by atoms with E-state index < -0.39 is 10.0 Å². The van der Waals surface area contributed by atoms with E-state index in [1.807, 2.05) is 17.5 Å². The first-order valence-corrected chi connectivity index (χ1v) is 11.4. The van der Waals surface area contributed by atoms with Crippen LogP contribution in [0.2, 0.25) is 0 Å². The number of thiophene rings is 1. The van der Waals surface area contributed by atoms with Crippen LogP contribution in [0.3, 0.4) is 0 Å². The molecule has 0 saturated heterocycles. The van der Waals surface area contributed by atoms with Gasteiger partial charge in [-0.25, -0.2) is 8.42 Å². The maximum absolute atomic E-state index is 12.7. The van der Waals surface area contributed by atoms with Crippen molar-refractivity contribution in [3.05, 3.63) is 74.9 Å². The van der Waals surface area contributed by atoms with Crippen molar-refractivity contribution in [2.24, 2.45) is 0 Å². The van der Waals surface area contributed by atoms with Crippen LogP contribution in [-0.2, 0) is 16.4 Å². The number of hydrogen-bond donors (Lipinski definition) is 1. The van der Waals surface area contributed by atoms with Crippen molar-refractivity contribution in [1.82, 2.24) is 0 Å². The summed E-state index contributed by atoms with van der Waals surface area (Å²) in [4.78, 5) is 15.3. The Morgan fingerprint density at radius 1 is 1.11 bits per heavy atom. The summed E-state index contributed by atoms with van der Waals surface area (Å²) in [6, 6.07) is 15.4. The van der Waals surface area contributed by atoms with E-state index in [-0.39, 0.29) is 10.8 Å². The summed E-state index contributed by atoms with van der Waals surface area (Å²) < 4.78 is 28.6. The van der Waals surface area contributed by atoms with Crippen molar-refractivity contribution in [2.45, 2.75) is 11.3 Å². The van der Waals surface area contributed by atoms with Crippen molar-refractivity contribution < 1.29 is 13.2 Å². The smallest absolute Gasteiger partial charge is 0.268 e. The van der Waals surface area contributed by atoms with Gasteiger partial charge in [0.2, 0.25) is 0 Å². The van der Waals surface area contributed by atoms with Gasteiger partial charge in [-0.2, -0.15) is 0 Å². The van der Waals surface area contributed by atoms with Gasteiger partial charge in [-0.05, 0) is 59.8 Å². The molecule has 0 radical (unpaired) electrons. The zero-order valence-corrected chi connectivity index (χ0v) is 17.3. The van der Waals surface area contributed by atoms with Crippen LogP contribution in [0.4, 0.5) is 11.4 Å². The van der Waals surface area contributed by atoms with Crippen LogP contribution in [0, 0.1) is 0 Å². The first kappa shape index (κ1) is 18.2. The third-order valence-corrected chi connectivity index (χ3v) is 7.12. The molecule has 0 fully saturated rings. The van der Waals surface area contributed by atoms with Crippen molar-refractivity contribution in [1.29, 1.82) is 0 Å². The van der Waals surface area contributed by atoms with E-state index in [0.29, 0.717) is 17.1 Å². The average Bonchev–Trinajstić information content (AvgIpc) is 3.31. The SMILES string of the molecule is O=C(c1cccs1)N1CCc2ccc(NS(=O)(=O)c3ccc(Br)cc3)cc21. The quantitative estimate of drug-likeness (QED) is 0.619. The molecule has 27 heavy (non-hydrogen) atoms. The predicted octanol–water partition coefficient (Wildman–Crippen LogP) is 4.51. The van der Waals surface area contributed by atoms with Gasteiger partial charge in [-0.1, -0.05) is 28.1 Å². The Kier molecular flexibility index (Phi) is 4.79. The van der Waals surface area contributed by atoms with Gasteiger partial charge in [-0.15, -0.1) is 11.3 Å². The number of fused-ring (bicyclic) bond motifs is 1. The van der Waals surface area contributed by atoms with Gasteiger partial charge in [0.25, 0.3) is 15.9 Å². The van der Waals surface area contributed by atoms with Crippen LogP contribution in [-0.4, -0.2) is 20.9 Å². The van der Waals surface area contributed by atoms with Gasteiger partial charge < -0.3 is 4.90 Å². The molecule has 1 amide bonds. The summed E-state index contributed by atoms with van der Waals surface area (Å²) in [6.45, 7) is 0.592. The maximum Gasteiger partial charge on any atom is 0.268 e. The van der Waals surface area contributed by atoms with Crippen LogP contribution >= 0.6 is 27.3 Å². The molecular weight excluding hydrogens is 448 g/mol. The Hall–Kier alpha value is -2.16. The van der Waals surface area contributed by atoms with E-state index in [0.717, 1.165) is 22.1 Å². The highest BCUT2D eigenvalue weighted by atomic mass is 79.9. The summed E-state index contributed by atoms with van der Waals surface area (Å²) in [5.41, 5.74) is 2.22. The summed E-state index contributed by atoms with van der Waals surface area (Å²) in [6.07, 6.45) is 0.756. The number of benzene rings is 2. The molecule has 0 aliphatic carbocycles. The molecular formula is C19H15BrN2O3S2. The lowest BCUT2D eigenvalue weighted by molar-refractivity contribution is 0.0993. The maximum atomic E-state index is 12.7. The lowest BCUT2D eigenvalue weighted by Gasteiger charge is -2.17. The predicted molar refractivity (Wildman–Crippen MR) is 111 cm³/mol. The van der Waals surface area contributed by atoms with E-state index in [1.54, 1.807) is 35.2 Å². The van der Waals surface area contributed by atoms with Crippen molar-refractivity contribution in [3.63, 3.8) is 0 Å². The van der Waals surface area contributed by atoms with Crippen molar-refractivity contribution in [2.75, 3.05) is 16.2 Å². The van der Waals surface area contributed by atoms with E-state index in [9.17, 15) is 13.2 Å². The molecule has 0 saturated carbocycles. The number of amides is 1. The number of hydrogen-bond acceptors (Lipinski definition) is 4. The normalized spacial score (nSPS) is 13.4. The third-order valence-electron chi connectivity index (χ3n) is 4.33. The second kappa shape index (κ2) is 7.10. The fourth-order valence-electron chi connectivity index (χ4n) is 3.01. The number of carbonyl (C=O) groups excluding carboxylic acids is 1. The largest absolute Gasteiger partial charge is 0.307 e. The minimum absolute atomic E-state index is 0.0586. The van der Waals surface area contributed by atoms with Gasteiger partial charge in [0, 0.05) is 16.7 Å². The fourth-order valence-corrected chi connectivity index (χ4v) is 5.00. The number of halogens is 1. The Morgan fingerprint density at radius 2 is 1.89 bits per heavy atom. The van der Waals surface area contributed by atoms with Crippen molar-refractivity contribution in [3.8, 4) is 0 Å². The number of anilines is 2. The molecule has 4 rings (SSSR count). The summed E-state index contributed by atoms with van der Waals surface area (Å²) in [5.74, 6) is -0.0586. The van der Waals surface area contributed by atoms with Gasteiger partial charge in [0.1, 0.15) is 0 Å². The Labute approximate surface area is 169 Å². The Bertz CT molecular complexity index is 1090. The molecule has 0 spiro atoms. The molecule has 0 atom stereocenters. The van der Waals surface area contributed by atoms with Gasteiger partial charge in [-0.3, -0.25) is 9.52 Å². The van der Waals surface area contributed by atoms with Crippen molar-refractivity contribution >= 4 is 54.6 Å². The van der Waals surface area contributed by atoms with E-state index in [2.05, 4.69) is 20.7 Å². The average molecular weight is 463 g/mol. The monoisotopic (exact) mass is 462 g/mol. The molecule has 8 heteroatoms. The highest BCUT2D eigenvalue weighted by Gasteiger charge is 2.27. The molecule has 2 heterocycles. The lowest BCUT2D eigenvalue weighted by Crippen LogP contribution is -2.28. The standard InChI is InChI=1S/C19H15BrN2O3S2/c20-14-4-7-16(8-5-14)27(24,25)21-15-6-3-13-9-10-22(17(13)12-15)19(23)18-2-1-11-26-18/h1-8,11-12,21H,9-10H2. The van der Waals surface area contributed by atoms with Crippen LogP contribution in [0.15, 0.2) is 69.3 Å². The molecule has 1 N–H and O–H groups in total. The molecule has 1 aliphatic heterocycles. The minimum atomic E-state index is -3.70. The second-order valence-corrected chi connectivity index (χ2v) is 9.63. The summed E-state index contributed by atoms with van der Waals surface area (Å²) >= 11 is 4.70. The Morgan fingerprint density at radius 3 is 2.59 bits per heavy atom. The highest BCUT2D eigenvalue weighted by molar-refractivity contribution is 9.10. The number of sulfonamides is 1. The summed E-state index contributed by atoms with van der Waals surface area (Å²) in [7, 11) is -3.70. The zero-order valence-electron chi connectivity index (χ0n) is 14.1. The molecule has 3 aromatic rings.